The van der Waals surface area contributed by atoms with Crippen molar-refractivity contribution in [2.75, 3.05) is 5.75 Å². The Bertz CT molecular complexity index is 625. The molecule has 2 aromatic rings. The lowest BCUT2D eigenvalue weighted by atomic mass is 10.1. The zero-order valence-electron chi connectivity index (χ0n) is 13.5. The topological polar surface area (TPSA) is 29.1 Å². The predicted molar refractivity (Wildman–Crippen MR) is 99.1 cm³/mol. The van der Waals surface area contributed by atoms with Crippen LogP contribution >= 0.6 is 23.4 Å². The van der Waals surface area contributed by atoms with Gasteiger partial charge in [0.2, 0.25) is 5.91 Å². The van der Waals surface area contributed by atoms with Crippen LogP contribution in [0.15, 0.2) is 53.4 Å². The first-order valence-corrected chi connectivity index (χ1v) is 9.15. The maximum atomic E-state index is 12.0. The van der Waals surface area contributed by atoms with Crippen molar-refractivity contribution in [2.45, 2.75) is 37.6 Å². The Labute approximate surface area is 147 Å². The van der Waals surface area contributed by atoms with E-state index in [4.69, 9.17) is 11.6 Å². The summed E-state index contributed by atoms with van der Waals surface area (Å²) in [5.74, 6) is 1.03. The lowest BCUT2D eigenvalue weighted by Gasteiger charge is -2.14. The number of benzene rings is 2. The molecule has 0 aliphatic rings. The van der Waals surface area contributed by atoms with E-state index >= 15 is 0 Å². The van der Waals surface area contributed by atoms with Crippen LogP contribution in [0.5, 0.6) is 0 Å². The van der Waals surface area contributed by atoms with E-state index in [1.165, 1.54) is 10.5 Å². The highest BCUT2D eigenvalue weighted by Gasteiger charge is 2.09. The molecule has 0 aliphatic carbocycles. The van der Waals surface area contributed by atoms with Gasteiger partial charge in [-0.05, 0) is 55.9 Å². The van der Waals surface area contributed by atoms with Crippen LogP contribution in [0.3, 0.4) is 0 Å². The van der Waals surface area contributed by atoms with E-state index < -0.39 is 0 Å². The van der Waals surface area contributed by atoms with E-state index in [-0.39, 0.29) is 11.9 Å². The number of hydrogen-bond donors (Lipinski definition) is 1. The van der Waals surface area contributed by atoms with Gasteiger partial charge in [0.25, 0.3) is 0 Å². The summed E-state index contributed by atoms with van der Waals surface area (Å²) in [5, 5.41) is 3.81. The van der Waals surface area contributed by atoms with Crippen LogP contribution < -0.4 is 5.32 Å². The second-order valence-corrected chi connectivity index (χ2v) is 7.21. The molecule has 4 heteroatoms. The SMILES string of the molecule is Cc1ccc([C@H](C)NC(=O)CCCSc2ccc(Cl)cc2)cc1. The second kappa shape index (κ2) is 8.99. The van der Waals surface area contributed by atoms with Crippen LogP contribution in [0.25, 0.3) is 0 Å². The first-order valence-electron chi connectivity index (χ1n) is 7.79. The monoisotopic (exact) mass is 347 g/mol. The zero-order valence-corrected chi connectivity index (χ0v) is 15.1. The molecule has 0 aliphatic heterocycles. The highest BCUT2D eigenvalue weighted by molar-refractivity contribution is 7.99. The summed E-state index contributed by atoms with van der Waals surface area (Å²) in [4.78, 5) is 13.2. The van der Waals surface area contributed by atoms with Crippen molar-refractivity contribution in [3.8, 4) is 0 Å². The minimum atomic E-state index is 0.0482. The van der Waals surface area contributed by atoms with Gasteiger partial charge in [-0.3, -0.25) is 4.79 Å². The van der Waals surface area contributed by atoms with Gasteiger partial charge < -0.3 is 5.32 Å². The number of carbonyl (C=O) groups is 1. The minimum absolute atomic E-state index is 0.0482. The summed E-state index contributed by atoms with van der Waals surface area (Å²) < 4.78 is 0. The molecule has 0 radical (unpaired) electrons. The van der Waals surface area contributed by atoms with Gasteiger partial charge in [-0.1, -0.05) is 41.4 Å². The Morgan fingerprint density at radius 1 is 1.13 bits per heavy atom. The van der Waals surface area contributed by atoms with Gasteiger partial charge in [-0.2, -0.15) is 0 Å². The summed E-state index contributed by atoms with van der Waals surface area (Å²) in [7, 11) is 0. The molecule has 0 aromatic heterocycles. The Morgan fingerprint density at radius 3 is 2.43 bits per heavy atom. The van der Waals surface area contributed by atoms with Gasteiger partial charge in [0.1, 0.15) is 0 Å². The third-order valence-electron chi connectivity index (χ3n) is 3.59. The van der Waals surface area contributed by atoms with Crippen LogP contribution in [0, 0.1) is 6.92 Å². The molecule has 0 saturated heterocycles. The number of rotatable bonds is 7. The van der Waals surface area contributed by atoms with Crippen molar-refractivity contribution in [3.63, 3.8) is 0 Å². The molecule has 0 bridgehead atoms. The second-order valence-electron chi connectivity index (χ2n) is 5.61. The molecule has 1 amide bonds. The fourth-order valence-electron chi connectivity index (χ4n) is 2.21. The molecule has 0 unspecified atom stereocenters. The molecular formula is C19H22ClNOS. The smallest absolute Gasteiger partial charge is 0.220 e. The summed E-state index contributed by atoms with van der Waals surface area (Å²) in [6.45, 7) is 4.08. The number of nitrogens with one attached hydrogen (secondary N) is 1. The van der Waals surface area contributed by atoms with Crippen molar-refractivity contribution in [2.24, 2.45) is 0 Å². The third-order valence-corrected chi connectivity index (χ3v) is 4.94. The number of thioether (sulfide) groups is 1. The number of halogens is 1. The Morgan fingerprint density at radius 2 is 1.78 bits per heavy atom. The van der Waals surface area contributed by atoms with Crippen molar-refractivity contribution in [1.82, 2.24) is 5.32 Å². The number of carbonyl (C=O) groups excluding carboxylic acids is 1. The number of amides is 1. The highest BCUT2D eigenvalue weighted by Crippen LogP contribution is 2.21. The number of aryl methyl sites for hydroxylation is 1. The van der Waals surface area contributed by atoms with Gasteiger partial charge >= 0.3 is 0 Å². The van der Waals surface area contributed by atoms with E-state index in [1.807, 2.05) is 31.2 Å². The predicted octanol–water partition coefficient (Wildman–Crippen LogP) is 5.40. The van der Waals surface area contributed by atoms with Crippen molar-refractivity contribution in [3.05, 3.63) is 64.7 Å². The normalized spacial score (nSPS) is 12.0. The van der Waals surface area contributed by atoms with E-state index in [0.29, 0.717) is 6.42 Å². The average molecular weight is 348 g/mol. The molecule has 0 spiro atoms. The van der Waals surface area contributed by atoms with Crippen LogP contribution in [0.1, 0.15) is 36.9 Å². The van der Waals surface area contributed by atoms with E-state index in [0.717, 1.165) is 22.8 Å². The molecule has 0 heterocycles. The summed E-state index contributed by atoms with van der Waals surface area (Å²) in [5.41, 5.74) is 2.37. The Kier molecular flexibility index (Phi) is 7.00. The van der Waals surface area contributed by atoms with Crippen molar-refractivity contribution in [1.29, 1.82) is 0 Å². The Hall–Kier alpha value is -1.45. The first kappa shape index (κ1) is 17.9. The van der Waals surface area contributed by atoms with Gasteiger partial charge in [0.15, 0.2) is 0 Å². The molecule has 2 nitrogen and oxygen atoms in total. The van der Waals surface area contributed by atoms with E-state index in [9.17, 15) is 4.79 Å². The van der Waals surface area contributed by atoms with Crippen LogP contribution in [-0.2, 0) is 4.79 Å². The van der Waals surface area contributed by atoms with Gasteiger partial charge in [0, 0.05) is 16.3 Å². The Balaban J connectivity index is 1.68. The van der Waals surface area contributed by atoms with Gasteiger partial charge in [-0.25, -0.2) is 0 Å². The first-order chi connectivity index (χ1) is 11.0. The molecule has 1 atom stereocenters. The molecule has 2 rings (SSSR count). The quantitative estimate of drug-likeness (QED) is 0.536. The van der Waals surface area contributed by atoms with E-state index in [1.54, 1.807) is 11.8 Å². The molecular weight excluding hydrogens is 326 g/mol. The summed E-state index contributed by atoms with van der Waals surface area (Å²) >= 11 is 7.61. The number of hydrogen-bond acceptors (Lipinski definition) is 2. The van der Waals surface area contributed by atoms with Gasteiger partial charge in [-0.15, -0.1) is 11.8 Å². The molecule has 0 fully saturated rings. The van der Waals surface area contributed by atoms with E-state index in [2.05, 4.69) is 36.5 Å². The molecule has 0 saturated carbocycles. The zero-order chi connectivity index (χ0) is 16.7. The molecule has 1 N–H and O–H groups in total. The highest BCUT2D eigenvalue weighted by atomic mass is 35.5. The van der Waals surface area contributed by atoms with Crippen molar-refractivity contribution < 1.29 is 4.79 Å². The molecule has 23 heavy (non-hydrogen) atoms. The summed E-state index contributed by atoms with van der Waals surface area (Å²) in [6.07, 6.45) is 1.41. The minimum Gasteiger partial charge on any atom is -0.350 e. The van der Waals surface area contributed by atoms with Crippen LogP contribution in [0.4, 0.5) is 0 Å². The van der Waals surface area contributed by atoms with Gasteiger partial charge in [0.05, 0.1) is 6.04 Å². The molecule has 122 valence electrons. The van der Waals surface area contributed by atoms with Crippen molar-refractivity contribution >= 4 is 29.3 Å². The van der Waals surface area contributed by atoms with Crippen LogP contribution in [0.2, 0.25) is 5.02 Å². The maximum Gasteiger partial charge on any atom is 0.220 e. The maximum absolute atomic E-state index is 12.0. The fraction of sp³-hybridized carbons (Fsp3) is 0.316. The third kappa shape index (κ3) is 6.28. The summed E-state index contributed by atoms with van der Waals surface area (Å²) in [6, 6.07) is 16.1. The largest absolute Gasteiger partial charge is 0.350 e. The fourth-order valence-corrected chi connectivity index (χ4v) is 3.18. The lowest BCUT2D eigenvalue weighted by Crippen LogP contribution is -2.26. The van der Waals surface area contributed by atoms with Crippen LogP contribution in [-0.4, -0.2) is 11.7 Å². The molecule has 2 aromatic carbocycles. The lowest BCUT2D eigenvalue weighted by molar-refractivity contribution is -0.121. The standard InChI is InChI=1S/C19H22ClNOS/c1-14-5-7-16(8-6-14)15(2)21-19(22)4-3-13-23-18-11-9-17(20)10-12-18/h5-12,15H,3-4,13H2,1-2H3,(H,21,22)/t15-/m0/s1. The average Bonchev–Trinajstić information content (AvgIpc) is 2.54.